The van der Waals surface area contributed by atoms with Gasteiger partial charge < -0.3 is 15.5 Å². The van der Waals surface area contributed by atoms with Crippen LogP contribution < -0.4 is 5.32 Å². The summed E-state index contributed by atoms with van der Waals surface area (Å²) < 4.78 is 94.9. The van der Waals surface area contributed by atoms with Gasteiger partial charge >= 0.3 is 12.4 Å². The third kappa shape index (κ3) is 7.59. The highest BCUT2D eigenvalue weighted by Crippen LogP contribution is 2.54. The lowest BCUT2D eigenvalue weighted by molar-refractivity contribution is -0.138. The van der Waals surface area contributed by atoms with Gasteiger partial charge in [0.05, 0.1) is 22.8 Å². The van der Waals surface area contributed by atoms with E-state index in [1.54, 1.807) is 0 Å². The Morgan fingerprint density at radius 2 is 1.62 bits per heavy atom. The fourth-order valence-electron chi connectivity index (χ4n) is 4.34. The molecule has 1 amide bonds. The number of aliphatic hydroxyl groups excluding tert-OH is 1. The van der Waals surface area contributed by atoms with Crippen LogP contribution in [0.5, 0.6) is 5.75 Å². The average molecular weight is 593 g/mol. The molecule has 0 heterocycles. The minimum absolute atomic E-state index is 0.0434. The van der Waals surface area contributed by atoms with Crippen LogP contribution in [0.3, 0.4) is 0 Å². The Kier molecular flexibility index (Phi) is 9.54. The maximum Gasteiger partial charge on any atom is 0.417 e. The molecule has 3 N–H and O–H groups in total. The molecular formula is C30H23F7N2O3. The lowest BCUT2D eigenvalue weighted by atomic mass is 9.84. The Morgan fingerprint density at radius 1 is 0.976 bits per heavy atom. The molecule has 1 aliphatic rings. The molecule has 0 spiro atoms. The van der Waals surface area contributed by atoms with E-state index in [0.29, 0.717) is 29.8 Å². The van der Waals surface area contributed by atoms with E-state index in [9.17, 15) is 40.6 Å². The maximum absolute atomic E-state index is 14.7. The van der Waals surface area contributed by atoms with Crippen molar-refractivity contribution in [3.63, 3.8) is 0 Å². The number of rotatable bonds is 5. The smallest absolute Gasteiger partial charge is 0.417 e. The van der Waals surface area contributed by atoms with Crippen LogP contribution in [0, 0.1) is 34.9 Å². The first kappa shape index (κ1) is 32.0. The first-order valence-corrected chi connectivity index (χ1v) is 12.3. The molecule has 1 saturated carbocycles. The second-order valence-corrected chi connectivity index (χ2v) is 9.40. The molecule has 3 aromatic rings. The zero-order valence-electron chi connectivity index (χ0n) is 21.9. The molecule has 42 heavy (non-hydrogen) atoms. The van der Waals surface area contributed by atoms with Gasteiger partial charge in [0.2, 0.25) is 5.91 Å². The molecule has 3 aromatic carbocycles. The van der Waals surface area contributed by atoms with Crippen molar-refractivity contribution in [2.75, 3.05) is 12.4 Å². The predicted octanol–water partition coefficient (Wildman–Crippen LogP) is 6.78. The number of alkyl halides is 6. The Labute approximate surface area is 236 Å². The summed E-state index contributed by atoms with van der Waals surface area (Å²) in [4.78, 5) is 13.3. The predicted molar refractivity (Wildman–Crippen MR) is 138 cm³/mol. The number of anilines is 1. The van der Waals surface area contributed by atoms with Gasteiger partial charge in [0.25, 0.3) is 0 Å². The lowest BCUT2D eigenvalue weighted by Crippen LogP contribution is -2.27. The largest absolute Gasteiger partial charge is 0.508 e. The van der Waals surface area contributed by atoms with E-state index < -0.39 is 52.1 Å². The summed E-state index contributed by atoms with van der Waals surface area (Å²) in [6, 6.07) is 11.7. The number of phenols is 1. The van der Waals surface area contributed by atoms with Gasteiger partial charge in [-0.15, -0.1) is 0 Å². The monoisotopic (exact) mass is 592 g/mol. The van der Waals surface area contributed by atoms with Crippen molar-refractivity contribution in [3.8, 4) is 23.7 Å². The van der Waals surface area contributed by atoms with Gasteiger partial charge in [-0.2, -0.15) is 31.6 Å². The van der Waals surface area contributed by atoms with Crippen molar-refractivity contribution in [2.24, 2.45) is 5.92 Å². The molecule has 0 saturated heterocycles. The second-order valence-electron chi connectivity index (χ2n) is 9.40. The molecular weight excluding hydrogens is 569 g/mol. The number of hydrogen-bond donors (Lipinski definition) is 3. The fraction of sp³-hybridized carbons (Fsp3) is 0.267. The topological polar surface area (TPSA) is 93.4 Å². The van der Waals surface area contributed by atoms with E-state index in [-0.39, 0.29) is 36.3 Å². The van der Waals surface area contributed by atoms with E-state index in [2.05, 4.69) is 17.2 Å². The first-order chi connectivity index (χ1) is 19.7. The minimum atomic E-state index is -4.87. The molecule has 0 aliphatic heterocycles. The van der Waals surface area contributed by atoms with Crippen LogP contribution in [0.15, 0.2) is 60.7 Å². The second kappa shape index (κ2) is 12.5. The van der Waals surface area contributed by atoms with Gasteiger partial charge in [-0.3, -0.25) is 4.79 Å². The standard InChI is InChI=1S/C29H19F7N2O2.CH4O/c30-25-10-6-20(28(31,32)33)13-24(25)27(11-12-27)15-18(4-1-17-2-8-22(39)9-3-17)26(40)38-21-7-5-19(16-37)23(14-21)29(34,35)36;1-2/h2-3,5-10,13-14,18,39H,11-12,15H2,(H,38,40);2H,1H3. The number of nitrogens with one attached hydrogen (secondary N) is 1. The van der Waals surface area contributed by atoms with Gasteiger partial charge in [-0.1, -0.05) is 11.8 Å². The van der Waals surface area contributed by atoms with Crippen LogP contribution in [-0.2, 0) is 22.6 Å². The highest BCUT2D eigenvalue weighted by atomic mass is 19.4. The van der Waals surface area contributed by atoms with Crippen LogP contribution in [0.25, 0.3) is 0 Å². The molecule has 4 rings (SSSR count). The normalized spacial score (nSPS) is 14.3. The number of carbonyl (C=O) groups is 1. The minimum Gasteiger partial charge on any atom is -0.508 e. The quantitative estimate of drug-likeness (QED) is 0.225. The molecule has 1 atom stereocenters. The molecule has 1 fully saturated rings. The average Bonchev–Trinajstić information content (AvgIpc) is 3.72. The van der Waals surface area contributed by atoms with E-state index in [0.717, 1.165) is 19.2 Å². The molecule has 1 aliphatic carbocycles. The molecule has 0 aromatic heterocycles. The van der Waals surface area contributed by atoms with Crippen LogP contribution in [0.1, 0.15) is 47.1 Å². The van der Waals surface area contributed by atoms with E-state index >= 15 is 0 Å². The number of aliphatic hydroxyl groups is 1. The number of nitriles is 1. The van der Waals surface area contributed by atoms with Gasteiger partial charge in [-0.05, 0) is 90.9 Å². The highest BCUT2D eigenvalue weighted by molar-refractivity contribution is 5.94. The summed E-state index contributed by atoms with van der Waals surface area (Å²) in [5, 5.41) is 27.8. The van der Waals surface area contributed by atoms with Gasteiger partial charge in [0.1, 0.15) is 17.5 Å². The van der Waals surface area contributed by atoms with E-state index in [1.807, 2.05) is 0 Å². The van der Waals surface area contributed by atoms with Crippen molar-refractivity contribution in [1.82, 2.24) is 0 Å². The number of benzene rings is 3. The molecule has 5 nitrogen and oxygen atoms in total. The maximum atomic E-state index is 14.7. The zero-order chi connectivity index (χ0) is 31.3. The number of nitrogens with zero attached hydrogens (tertiary/aromatic N) is 1. The van der Waals surface area contributed by atoms with Crippen molar-refractivity contribution in [2.45, 2.75) is 37.0 Å². The van der Waals surface area contributed by atoms with E-state index in [1.165, 1.54) is 30.3 Å². The summed E-state index contributed by atoms with van der Waals surface area (Å²) >= 11 is 0. The number of carbonyl (C=O) groups excluding carboxylic acids is 1. The third-order valence-corrected chi connectivity index (χ3v) is 6.60. The Balaban J connectivity index is 0.00000237. The number of halogens is 7. The van der Waals surface area contributed by atoms with Gasteiger partial charge in [0.15, 0.2) is 0 Å². The molecule has 0 bridgehead atoms. The first-order valence-electron chi connectivity index (χ1n) is 12.3. The summed E-state index contributed by atoms with van der Waals surface area (Å²) in [5.74, 6) is 2.39. The summed E-state index contributed by atoms with van der Waals surface area (Å²) in [6.07, 6.45) is -9.26. The third-order valence-electron chi connectivity index (χ3n) is 6.60. The van der Waals surface area contributed by atoms with Gasteiger partial charge in [0, 0.05) is 18.4 Å². The highest BCUT2D eigenvalue weighted by Gasteiger charge is 2.49. The summed E-state index contributed by atoms with van der Waals surface area (Å²) in [5.41, 5.74) is -4.21. The zero-order valence-corrected chi connectivity index (χ0v) is 21.9. The van der Waals surface area contributed by atoms with Gasteiger partial charge in [-0.25, -0.2) is 4.39 Å². The fourth-order valence-corrected chi connectivity index (χ4v) is 4.34. The Hall–Kier alpha value is -4.55. The van der Waals surface area contributed by atoms with Crippen LogP contribution in [0.2, 0.25) is 0 Å². The Bertz CT molecular complexity index is 1540. The van der Waals surface area contributed by atoms with Crippen molar-refractivity contribution in [1.29, 1.82) is 5.26 Å². The Morgan fingerprint density at radius 3 is 2.17 bits per heavy atom. The summed E-state index contributed by atoms with van der Waals surface area (Å²) in [7, 11) is 1.00. The molecule has 12 heteroatoms. The number of phenolic OH excluding ortho intramolecular Hbond substituents is 1. The number of hydrogen-bond acceptors (Lipinski definition) is 4. The SMILES string of the molecule is CO.N#Cc1ccc(NC(=O)C(C#Cc2ccc(O)cc2)CC2(c3cc(C(F)(F)F)ccc3F)CC2)cc1C(F)(F)F. The lowest BCUT2D eigenvalue weighted by Gasteiger charge is -2.22. The molecule has 0 radical (unpaired) electrons. The molecule has 1 unspecified atom stereocenters. The van der Waals surface area contributed by atoms with Crippen molar-refractivity contribution in [3.05, 3.63) is 94.3 Å². The van der Waals surface area contributed by atoms with Crippen LogP contribution in [-0.4, -0.2) is 23.2 Å². The van der Waals surface area contributed by atoms with E-state index in [4.69, 9.17) is 10.4 Å². The number of aromatic hydroxyl groups is 1. The van der Waals surface area contributed by atoms with Crippen LogP contribution >= 0.6 is 0 Å². The van der Waals surface area contributed by atoms with Crippen molar-refractivity contribution < 1.29 is 45.7 Å². The molecule has 220 valence electrons. The van der Waals surface area contributed by atoms with Crippen molar-refractivity contribution >= 4 is 11.6 Å². The van der Waals surface area contributed by atoms with Crippen LogP contribution in [0.4, 0.5) is 36.4 Å². The summed E-state index contributed by atoms with van der Waals surface area (Å²) in [6.45, 7) is 0. The number of amides is 1.